The number of aromatic hydroxyl groups is 1. The lowest BCUT2D eigenvalue weighted by atomic mass is 9.78. The summed E-state index contributed by atoms with van der Waals surface area (Å²) in [4.78, 5) is 8.25. The smallest absolute Gasteiger partial charge is 0.185 e. The number of allylic oxidation sites excluding steroid dienone is 1. The molecule has 0 spiro atoms. The number of halogens is 2. The highest BCUT2D eigenvalue weighted by Crippen LogP contribution is 2.46. The Hall–Kier alpha value is -3.20. The summed E-state index contributed by atoms with van der Waals surface area (Å²) in [6.45, 7) is 5.57. The van der Waals surface area contributed by atoms with Crippen LogP contribution in [0.15, 0.2) is 49.7 Å². The van der Waals surface area contributed by atoms with E-state index in [0.717, 1.165) is 5.69 Å². The Balaban J connectivity index is 1.39. The van der Waals surface area contributed by atoms with E-state index in [1.807, 2.05) is 0 Å². The van der Waals surface area contributed by atoms with Crippen molar-refractivity contribution in [3.05, 3.63) is 55.4 Å². The van der Waals surface area contributed by atoms with E-state index in [4.69, 9.17) is 1.37 Å². The summed E-state index contributed by atoms with van der Waals surface area (Å²) in [6, 6.07) is 3.47. The molecule has 2 N–H and O–H groups in total. The van der Waals surface area contributed by atoms with Gasteiger partial charge in [0, 0.05) is 38.2 Å². The Kier molecular flexibility index (Phi) is 4.31. The Morgan fingerprint density at radius 3 is 2.90 bits per heavy atom. The fraction of sp³-hybridized carbons (Fsp3) is 0.364. The van der Waals surface area contributed by atoms with Crippen LogP contribution in [0.4, 0.5) is 8.78 Å². The zero-order valence-corrected chi connectivity index (χ0v) is 16.8. The number of nitrogens with one attached hydrogen (secondary N) is 1. The fourth-order valence-electron chi connectivity index (χ4n) is 4.45. The number of imidazole rings is 1. The molecule has 2 fully saturated rings. The summed E-state index contributed by atoms with van der Waals surface area (Å²) < 4.78 is 39.8. The molecule has 5 atom stereocenters. The average molecular weight is 425 g/mol. The van der Waals surface area contributed by atoms with E-state index in [9.17, 15) is 9.50 Å². The number of phenolic OH excluding ortho intramolecular Hbond substituents is 1. The van der Waals surface area contributed by atoms with Crippen LogP contribution in [0, 0.1) is 5.92 Å². The van der Waals surface area contributed by atoms with Crippen LogP contribution in [0.2, 0.25) is 0 Å². The van der Waals surface area contributed by atoms with E-state index in [0.29, 0.717) is 11.1 Å². The molecular formula is C22H22F2N6O. The largest absolute Gasteiger partial charge is 0.507 e. The zero-order valence-electron chi connectivity index (χ0n) is 17.8. The molecule has 2 aliphatic heterocycles. The number of hydrogen-bond donors (Lipinski definition) is 2. The molecule has 0 saturated carbocycles. The zero-order chi connectivity index (χ0) is 22.7. The van der Waals surface area contributed by atoms with Gasteiger partial charge >= 0.3 is 0 Å². The summed E-state index contributed by atoms with van der Waals surface area (Å²) >= 11 is 0. The second-order valence-corrected chi connectivity index (χ2v) is 8.32. The van der Waals surface area contributed by atoms with Gasteiger partial charge in [-0.15, -0.1) is 10.2 Å². The molecule has 2 saturated heterocycles. The van der Waals surface area contributed by atoms with E-state index >= 15 is 4.39 Å². The number of rotatable bonds is 4. The number of nitrogens with zero attached hydrogens (tertiary/aromatic N) is 5. The summed E-state index contributed by atoms with van der Waals surface area (Å²) in [5.41, 5.74) is 0.596. The second-order valence-electron chi connectivity index (χ2n) is 8.32. The van der Waals surface area contributed by atoms with E-state index in [2.05, 4.69) is 32.1 Å². The Morgan fingerprint density at radius 2 is 2.23 bits per heavy atom. The molecule has 7 nitrogen and oxygen atoms in total. The lowest BCUT2D eigenvalue weighted by Gasteiger charge is -2.40. The summed E-state index contributed by atoms with van der Waals surface area (Å²) in [5.74, 6) is -0.600. The topological polar surface area (TPSA) is 88.8 Å². The van der Waals surface area contributed by atoms with Crippen molar-refractivity contribution in [3.8, 4) is 22.8 Å². The minimum atomic E-state index is -1.55. The number of fused-ring (bicyclic) bond motifs is 2. The molecule has 0 aliphatic carbocycles. The van der Waals surface area contributed by atoms with Crippen molar-refractivity contribution in [2.45, 2.75) is 43.7 Å². The predicted molar refractivity (Wildman–Crippen MR) is 111 cm³/mol. The molecule has 1 aromatic carbocycles. The molecule has 0 unspecified atom stereocenters. The second kappa shape index (κ2) is 7.19. The normalized spacial score (nSPS) is 32.6. The molecule has 2 aliphatic rings. The standard InChI is InChI=1S/C22H22F2N6O/c1-12(15-8-17-16(23)9-22(2,27-17)20(15)24)18-10-26-21(29-28-18)14-4-3-13(7-19(14)31)30-6-5-25-11-30/h3-7,10-11,15-17,20,27,31H,1,8-9H2,2H3/t15-,16+,17-,20-,22-/m0/s1/i17D. The van der Waals surface area contributed by atoms with Gasteiger partial charge in [-0.25, -0.2) is 18.7 Å². The van der Waals surface area contributed by atoms with Gasteiger partial charge in [-0.05, 0) is 31.1 Å². The van der Waals surface area contributed by atoms with Crippen LogP contribution in [0.1, 0.15) is 26.8 Å². The quantitative estimate of drug-likeness (QED) is 0.667. The Morgan fingerprint density at radius 1 is 1.39 bits per heavy atom. The number of piperidine rings is 1. The van der Waals surface area contributed by atoms with E-state index in [-0.39, 0.29) is 30.1 Å². The third-order valence-electron chi connectivity index (χ3n) is 6.19. The van der Waals surface area contributed by atoms with Gasteiger partial charge in [-0.3, -0.25) is 0 Å². The van der Waals surface area contributed by atoms with Gasteiger partial charge in [0.25, 0.3) is 0 Å². The number of benzene rings is 1. The van der Waals surface area contributed by atoms with Crippen molar-refractivity contribution in [2.24, 2.45) is 5.92 Å². The minimum Gasteiger partial charge on any atom is -0.507 e. The highest BCUT2D eigenvalue weighted by atomic mass is 19.1. The minimum absolute atomic E-state index is 0.0265. The summed E-state index contributed by atoms with van der Waals surface area (Å²) in [6.07, 6.45) is 3.43. The van der Waals surface area contributed by atoms with Crippen LogP contribution in [-0.2, 0) is 0 Å². The van der Waals surface area contributed by atoms with Gasteiger partial charge < -0.3 is 15.0 Å². The SMILES string of the molecule is [2H][C@]12C[C@@H](C(=C)c3cnc(-c4ccc(-n5ccnc5)cc4O)nn3)[C@H](F)[C@](C)(C[C@H]1F)N2. The van der Waals surface area contributed by atoms with Crippen molar-refractivity contribution < 1.29 is 15.3 Å². The maximum absolute atomic E-state index is 15.3. The average Bonchev–Trinajstić information content (AvgIpc) is 3.37. The van der Waals surface area contributed by atoms with Gasteiger partial charge in [-0.1, -0.05) is 6.58 Å². The number of phenols is 1. The summed E-state index contributed by atoms with van der Waals surface area (Å²) in [5, 5.41) is 21.5. The van der Waals surface area contributed by atoms with Crippen LogP contribution in [0.3, 0.4) is 0 Å². The van der Waals surface area contributed by atoms with Gasteiger partial charge in [0.05, 0.1) is 29.3 Å². The van der Waals surface area contributed by atoms with Crippen molar-refractivity contribution in [1.82, 2.24) is 30.0 Å². The first-order chi connectivity index (χ1) is 15.2. The first kappa shape index (κ1) is 18.6. The van der Waals surface area contributed by atoms with E-state index < -0.39 is 29.8 Å². The highest BCUT2D eigenvalue weighted by Gasteiger charge is 2.55. The van der Waals surface area contributed by atoms with Crippen LogP contribution in [-0.4, -0.2) is 53.7 Å². The summed E-state index contributed by atoms with van der Waals surface area (Å²) in [7, 11) is 0. The molecule has 5 rings (SSSR count). The molecule has 0 amide bonds. The number of alkyl halides is 2. The van der Waals surface area contributed by atoms with Gasteiger partial charge in [0.2, 0.25) is 0 Å². The maximum atomic E-state index is 15.3. The maximum Gasteiger partial charge on any atom is 0.185 e. The van der Waals surface area contributed by atoms with Crippen molar-refractivity contribution in [2.75, 3.05) is 0 Å². The van der Waals surface area contributed by atoms with Crippen molar-refractivity contribution in [1.29, 1.82) is 0 Å². The van der Waals surface area contributed by atoms with Gasteiger partial charge in [-0.2, -0.15) is 0 Å². The van der Waals surface area contributed by atoms with Crippen LogP contribution in [0.5, 0.6) is 5.75 Å². The molecule has 3 aromatic rings. The molecule has 2 aromatic heterocycles. The Labute approximate surface area is 179 Å². The predicted octanol–water partition coefficient (Wildman–Crippen LogP) is 3.26. The third-order valence-corrected chi connectivity index (χ3v) is 6.19. The molecule has 2 bridgehead atoms. The van der Waals surface area contributed by atoms with Crippen LogP contribution >= 0.6 is 0 Å². The van der Waals surface area contributed by atoms with Crippen LogP contribution in [0.25, 0.3) is 22.6 Å². The number of aromatic nitrogens is 5. The molecular weight excluding hydrogens is 402 g/mol. The van der Waals surface area contributed by atoms with Gasteiger partial charge in [0.15, 0.2) is 5.82 Å². The monoisotopic (exact) mass is 425 g/mol. The van der Waals surface area contributed by atoms with Gasteiger partial charge in [0.1, 0.15) is 23.8 Å². The molecule has 160 valence electrons. The molecule has 4 heterocycles. The lowest BCUT2D eigenvalue weighted by Crippen LogP contribution is -2.56. The third kappa shape index (κ3) is 3.29. The molecule has 0 radical (unpaired) electrons. The van der Waals surface area contributed by atoms with Crippen molar-refractivity contribution in [3.63, 3.8) is 0 Å². The van der Waals surface area contributed by atoms with Crippen LogP contribution < -0.4 is 5.32 Å². The van der Waals surface area contributed by atoms with E-state index in [1.54, 1.807) is 48.4 Å². The fourth-order valence-corrected chi connectivity index (χ4v) is 4.45. The first-order valence-corrected chi connectivity index (χ1v) is 9.98. The highest BCUT2D eigenvalue weighted by molar-refractivity contribution is 5.67. The molecule has 31 heavy (non-hydrogen) atoms. The van der Waals surface area contributed by atoms with Crippen molar-refractivity contribution >= 4 is 5.57 Å². The first-order valence-electron chi connectivity index (χ1n) is 10.5. The van der Waals surface area contributed by atoms with E-state index in [1.165, 1.54) is 6.20 Å². The lowest BCUT2D eigenvalue weighted by molar-refractivity contribution is 0.102. The molecule has 9 heteroatoms. The number of hydrogen-bond acceptors (Lipinski definition) is 6. The Bertz CT molecular complexity index is 1170.